The Bertz CT molecular complexity index is 115. The number of hydrogen-bond acceptors (Lipinski definition) is 3. The van der Waals surface area contributed by atoms with Gasteiger partial charge in [0.1, 0.15) is 0 Å². The van der Waals surface area contributed by atoms with E-state index in [0.29, 0.717) is 19.6 Å². The SMILES string of the molecule is CCOCCCC(=O)N(C)N. The normalized spacial score (nSPS) is 9.73. The van der Waals surface area contributed by atoms with Gasteiger partial charge < -0.3 is 4.74 Å². The molecule has 0 saturated carbocycles. The van der Waals surface area contributed by atoms with E-state index in [1.807, 2.05) is 6.92 Å². The zero-order valence-electron chi connectivity index (χ0n) is 7.17. The van der Waals surface area contributed by atoms with Crippen LogP contribution in [0.2, 0.25) is 0 Å². The van der Waals surface area contributed by atoms with E-state index in [1.165, 1.54) is 0 Å². The topological polar surface area (TPSA) is 55.6 Å². The molecule has 0 aromatic heterocycles. The average Bonchev–Trinajstić information content (AvgIpc) is 1.97. The minimum atomic E-state index is -0.0512. The number of hydrogen-bond donors (Lipinski definition) is 1. The Kier molecular flexibility index (Phi) is 5.78. The van der Waals surface area contributed by atoms with E-state index in [2.05, 4.69) is 0 Å². The number of nitrogens with zero attached hydrogens (tertiary/aromatic N) is 1. The standard InChI is InChI=1S/C7H16N2O2/c1-3-11-6-4-5-7(10)9(2)8/h3-6,8H2,1-2H3. The first-order valence-corrected chi connectivity index (χ1v) is 3.77. The average molecular weight is 160 g/mol. The van der Waals surface area contributed by atoms with Crippen molar-refractivity contribution in [3.63, 3.8) is 0 Å². The molecule has 2 N–H and O–H groups in total. The fourth-order valence-corrected chi connectivity index (χ4v) is 0.646. The lowest BCUT2D eigenvalue weighted by molar-refractivity contribution is -0.130. The van der Waals surface area contributed by atoms with Crippen LogP contribution in [-0.4, -0.2) is 31.2 Å². The second kappa shape index (κ2) is 6.12. The molecule has 0 aromatic carbocycles. The fraction of sp³-hybridized carbons (Fsp3) is 0.857. The molecule has 4 heteroatoms. The molecule has 0 aliphatic carbocycles. The maximum Gasteiger partial charge on any atom is 0.236 e. The zero-order chi connectivity index (χ0) is 8.69. The quantitative estimate of drug-likeness (QED) is 0.269. The maximum atomic E-state index is 10.9. The minimum Gasteiger partial charge on any atom is -0.382 e. The summed E-state index contributed by atoms with van der Waals surface area (Å²) >= 11 is 0. The van der Waals surface area contributed by atoms with Gasteiger partial charge in [0.05, 0.1) is 0 Å². The number of amides is 1. The third-order valence-corrected chi connectivity index (χ3v) is 1.28. The summed E-state index contributed by atoms with van der Waals surface area (Å²) in [7, 11) is 1.54. The van der Waals surface area contributed by atoms with Crippen molar-refractivity contribution in [3.05, 3.63) is 0 Å². The first-order valence-electron chi connectivity index (χ1n) is 3.77. The molecule has 0 heterocycles. The van der Waals surface area contributed by atoms with Crippen LogP contribution in [-0.2, 0) is 9.53 Å². The van der Waals surface area contributed by atoms with Crippen LogP contribution in [0.15, 0.2) is 0 Å². The second-order valence-corrected chi connectivity index (χ2v) is 2.31. The van der Waals surface area contributed by atoms with Crippen molar-refractivity contribution in [1.29, 1.82) is 0 Å². The predicted molar refractivity (Wildman–Crippen MR) is 42.7 cm³/mol. The number of ether oxygens (including phenoxy) is 1. The van der Waals surface area contributed by atoms with E-state index in [0.717, 1.165) is 11.4 Å². The molecular formula is C7H16N2O2. The highest BCUT2D eigenvalue weighted by Gasteiger charge is 2.02. The summed E-state index contributed by atoms with van der Waals surface area (Å²) in [4.78, 5) is 10.9. The van der Waals surface area contributed by atoms with Crippen LogP contribution in [0.3, 0.4) is 0 Å². The Balaban J connectivity index is 3.18. The van der Waals surface area contributed by atoms with E-state index >= 15 is 0 Å². The molecule has 0 fully saturated rings. The fourth-order valence-electron chi connectivity index (χ4n) is 0.646. The van der Waals surface area contributed by atoms with Gasteiger partial charge in [-0.2, -0.15) is 0 Å². The summed E-state index contributed by atoms with van der Waals surface area (Å²) in [5.41, 5.74) is 0. The third kappa shape index (κ3) is 5.82. The third-order valence-electron chi connectivity index (χ3n) is 1.28. The highest BCUT2D eigenvalue weighted by atomic mass is 16.5. The van der Waals surface area contributed by atoms with Gasteiger partial charge in [0, 0.05) is 26.7 Å². The number of hydrazine groups is 1. The second-order valence-electron chi connectivity index (χ2n) is 2.31. The van der Waals surface area contributed by atoms with Crippen LogP contribution in [0.5, 0.6) is 0 Å². The number of carbonyl (C=O) groups is 1. The lowest BCUT2D eigenvalue weighted by Gasteiger charge is -2.08. The molecule has 66 valence electrons. The summed E-state index contributed by atoms with van der Waals surface area (Å²) in [6.45, 7) is 3.26. The smallest absolute Gasteiger partial charge is 0.236 e. The lowest BCUT2D eigenvalue weighted by atomic mass is 10.3. The highest BCUT2D eigenvalue weighted by molar-refractivity contribution is 5.75. The summed E-state index contributed by atoms with van der Waals surface area (Å²) in [5, 5.41) is 1.10. The van der Waals surface area contributed by atoms with Gasteiger partial charge in [-0.05, 0) is 13.3 Å². The Morgan fingerprint density at radius 3 is 2.73 bits per heavy atom. The molecule has 0 rings (SSSR count). The molecule has 0 unspecified atom stereocenters. The summed E-state index contributed by atoms with van der Waals surface area (Å²) in [6, 6.07) is 0. The molecule has 11 heavy (non-hydrogen) atoms. The van der Waals surface area contributed by atoms with E-state index < -0.39 is 0 Å². The number of rotatable bonds is 5. The van der Waals surface area contributed by atoms with E-state index in [1.54, 1.807) is 7.05 Å². The first-order chi connectivity index (χ1) is 5.18. The van der Waals surface area contributed by atoms with Gasteiger partial charge >= 0.3 is 0 Å². The molecular weight excluding hydrogens is 144 g/mol. The summed E-state index contributed by atoms with van der Waals surface area (Å²) in [5.74, 6) is 5.14. The van der Waals surface area contributed by atoms with Crippen LogP contribution >= 0.6 is 0 Å². The molecule has 0 atom stereocenters. The Morgan fingerprint density at radius 2 is 2.27 bits per heavy atom. The van der Waals surface area contributed by atoms with Crippen LogP contribution in [0.25, 0.3) is 0 Å². The Labute approximate surface area is 67.3 Å². The van der Waals surface area contributed by atoms with E-state index in [9.17, 15) is 4.79 Å². The summed E-state index contributed by atoms with van der Waals surface area (Å²) < 4.78 is 5.05. The van der Waals surface area contributed by atoms with Crippen LogP contribution in [0, 0.1) is 0 Å². The van der Waals surface area contributed by atoms with Gasteiger partial charge in [-0.1, -0.05) is 0 Å². The van der Waals surface area contributed by atoms with Crippen molar-refractivity contribution in [3.8, 4) is 0 Å². The number of nitrogens with two attached hydrogens (primary N) is 1. The monoisotopic (exact) mass is 160 g/mol. The van der Waals surface area contributed by atoms with Crippen molar-refractivity contribution >= 4 is 5.91 Å². The highest BCUT2D eigenvalue weighted by Crippen LogP contribution is 1.92. The molecule has 1 amide bonds. The Morgan fingerprint density at radius 1 is 1.64 bits per heavy atom. The molecule has 0 saturated heterocycles. The van der Waals surface area contributed by atoms with Crippen molar-refractivity contribution in [2.75, 3.05) is 20.3 Å². The zero-order valence-corrected chi connectivity index (χ0v) is 7.17. The first kappa shape index (κ1) is 10.4. The summed E-state index contributed by atoms with van der Waals surface area (Å²) in [6.07, 6.45) is 1.21. The van der Waals surface area contributed by atoms with Gasteiger partial charge in [-0.25, -0.2) is 5.84 Å². The molecule has 0 radical (unpaired) electrons. The van der Waals surface area contributed by atoms with Gasteiger partial charge in [0.25, 0.3) is 0 Å². The molecule has 0 aliphatic heterocycles. The molecule has 0 aliphatic rings. The van der Waals surface area contributed by atoms with Crippen molar-refractivity contribution in [1.82, 2.24) is 5.01 Å². The Hall–Kier alpha value is -0.610. The maximum absolute atomic E-state index is 10.9. The van der Waals surface area contributed by atoms with E-state index in [-0.39, 0.29) is 5.91 Å². The predicted octanol–water partition coefficient (Wildman–Crippen LogP) is 0.135. The minimum absolute atomic E-state index is 0.0512. The molecule has 4 nitrogen and oxygen atoms in total. The van der Waals surface area contributed by atoms with Crippen LogP contribution in [0.4, 0.5) is 0 Å². The number of carbonyl (C=O) groups excluding carboxylic acids is 1. The lowest BCUT2D eigenvalue weighted by Crippen LogP contribution is -2.33. The van der Waals surface area contributed by atoms with Crippen molar-refractivity contribution < 1.29 is 9.53 Å². The van der Waals surface area contributed by atoms with Crippen LogP contribution in [0.1, 0.15) is 19.8 Å². The van der Waals surface area contributed by atoms with E-state index in [4.69, 9.17) is 10.6 Å². The van der Waals surface area contributed by atoms with Crippen LogP contribution < -0.4 is 5.84 Å². The molecule has 0 spiro atoms. The molecule has 0 bridgehead atoms. The van der Waals surface area contributed by atoms with Crippen molar-refractivity contribution in [2.45, 2.75) is 19.8 Å². The molecule has 0 aromatic rings. The van der Waals surface area contributed by atoms with Gasteiger partial charge in [-0.15, -0.1) is 0 Å². The van der Waals surface area contributed by atoms with Gasteiger partial charge in [0.2, 0.25) is 5.91 Å². The van der Waals surface area contributed by atoms with Crippen molar-refractivity contribution in [2.24, 2.45) is 5.84 Å². The van der Waals surface area contributed by atoms with Gasteiger partial charge in [-0.3, -0.25) is 9.80 Å². The van der Waals surface area contributed by atoms with Gasteiger partial charge in [0.15, 0.2) is 0 Å². The largest absolute Gasteiger partial charge is 0.382 e.